The third-order valence-corrected chi connectivity index (χ3v) is 6.54. The van der Waals surface area contributed by atoms with Crippen LogP contribution in [0.2, 0.25) is 0 Å². The fourth-order valence-electron chi connectivity index (χ4n) is 4.61. The Morgan fingerprint density at radius 2 is 1.73 bits per heavy atom. The minimum atomic E-state index is -0.128. The summed E-state index contributed by atoms with van der Waals surface area (Å²) < 4.78 is 10.7. The monoisotopic (exact) mass is 449 g/mol. The largest absolute Gasteiger partial charge is 0.454 e. The van der Waals surface area contributed by atoms with Crippen molar-refractivity contribution >= 4 is 29.1 Å². The van der Waals surface area contributed by atoms with Crippen LogP contribution in [-0.4, -0.2) is 49.0 Å². The minimum Gasteiger partial charge on any atom is -0.454 e. The van der Waals surface area contributed by atoms with E-state index in [4.69, 9.17) is 9.47 Å². The SMILES string of the molecule is O=C(Nc1ccc2c(c1)OCO2)C1CCN(C(=O)Cc2ccc(N3CCCC3=O)cc2)CC1. The van der Waals surface area contributed by atoms with Gasteiger partial charge in [0.05, 0.1) is 6.42 Å². The first-order valence-electron chi connectivity index (χ1n) is 11.4. The number of amides is 3. The summed E-state index contributed by atoms with van der Waals surface area (Å²) in [5, 5.41) is 2.95. The maximum absolute atomic E-state index is 12.8. The summed E-state index contributed by atoms with van der Waals surface area (Å²) >= 11 is 0. The molecule has 3 amide bonds. The summed E-state index contributed by atoms with van der Waals surface area (Å²) in [4.78, 5) is 41.0. The molecule has 0 saturated carbocycles. The Kier molecular flexibility index (Phi) is 5.90. The molecule has 0 bridgehead atoms. The van der Waals surface area contributed by atoms with Gasteiger partial charge < -0.3 is 24.6 Å². The lowest BCUT2D eigenvalue weighted by atomic mass is 9.95. The van der Waals surface area contributed by atoms with Gasteiger partial charge in [-0.05, 0) is 49.1 Å². The topological polar surface area (TPSA) is 88.2 Å². The predicted octanol–water partition coefficient (Wildman–Crippen LogP) is 2.96. The van der Waals surface area contributed by atoms with E-state index in [0.29, 0.717) is 56.0 Å². The van der Waals surface area contributed by atoms with Crippen LogP contribution in [0.5, 0.6) is 11.5 Å². The number of hydrogen-bond donors (Lipinski definition) is 1. The van der Waals surface area contributed by atoms with Crippen molar-refractivity contribution in [1.29, 1.82) is 0 Å². The van der Waals surface area contributed by atoms with Crippen molar-refractivity contribution < 1.29 is 23.9 Å². The van der Waals surface area contributed by atoms with Crippen LogP contribution in [0, 0.1) is 5.92 Å². The van der Waals surface area contributed by atoms with Crippen LogP contribution in [0.1, 0.15) is 31.2 Å². The van der Waals surface area contributed by atoms with E-state index in [1.165, 1.54) is 0 Å². The fourth-order valence-corrected chi connectivity index (χ4v) is 4.61. The van der Waals surface area contributed by atoms with Crippen molar-refractivity contribution in [2.75, 3.05) is 36.6 Å². The summed E-state index contributed by atoms with van der Waals surface area (Å²) in [5.41, 5.74) is 2.50. The summed E-state index contributed by atoms with van der Waals surface area (Å²) in [6.07, 6.45) is 3.09. The van der Waals surface area contributed by atoms with E-state index in [1.54, 1.807) is 23.1 Å². The average Bonchev–Trinajstić information content (AvgIpc) is 3.48. The number of nitrogens with zero attached hydrogens (tertiary/aromatic N) is 2. The molecule has 8 nitrogen and oxygen atoms in total. The second kappa shape index (κ2) is 9.13. The van der Waals surface area contributed by atoms with Gasteiger partial charge in [0.1, 0.15) is 0 Å². The highest BCUT2D eigenvalue weighted by atomic mass is 16.7. The lowest BCUT2D eigenvalue weighted by molar-refractivity contribution is -0.133. The normalized spacial score (nSPS) is 18.0. The van der Waals surface area contributed by atoms with Crippen LogP contribution in [0.15, 0.2) is 42.5 Å². The quantitative estimate of drug-likeness (QED) is 0.758. The molecule has 3 heterocycles. The van der Waals surface area contributed by atoms with E-state index in [1.807, 2.05) is 29.2 Å². The van der Waals surface area contributed by atoms with Crippen molar-refractivity contribution in [3.8, 4) is 11.5 Å². The molecule has 0 unspecified atom stereocenters. The summed E-state index contributed by atoms with van der Waals surface area (Å²) in [5.74, 6) is 1.37. The van der Waals surface area contributed by atoms with Gasteiger partial charge in [-0.25, -0.2) is 0 Å². The van der Waals surface area contributed by atoms with Gasteiger partial charge in [-0.2, -0.15) is 0 Å². The smallest absolute Gasteiger partial charge is 0.231 e. The molecule has 0 spiro atoms. The molecular weight excluding hydrogens is 422 g/mol. The van der Waals surface area contributed by atoms with Gasteiger partial charge >= 0.3 is 0 Å². The second-order valence-corrected chi connectivity index (χ2v) is 8.70. The second-order valence-electron chi connectivity index (χ2n) is 8.70. The maximum Gasteiger partial charge on any atom is 0.231 e. The van der Waals surface area contributed by atoms with E-state index < -0.39 is 0 Å². The highest BCUT2D eigenvalue weighted by molar-refractivity contribution is 5.95. The van der Waals surface area contributed by atoms with E-state index in [-0.39, 0.29) is 30.4 Å². The van der Waals surface area contributed by atoms with Gasteiger partial charge in [0.15, 0.2) is 11.5 Å². The van der Waals surface area contributed by atoms with Gasteiger partial charge in [0.25, 0.3) is 0 Å². The van der Waals surface area contributed by atoms with E-state index >= 15 is 0 Å². The van der Waals surface area contributed by atoms with Gasteiger partial charge in [0, 0.05) is 49.4 Å². The number of carbonyl (C=O) groups excluding carboxylic acids is 3. The standard InChI is InChI=1S/C25H27N3O5/c29-23-2-1-11-28(23)20-6-3-17(4-7-20)14-24(30)27-12-9-18(10-13-27)25(31)26-19-5-8-21-22(15-19)33-16-32-21/h3-8,15,18H,1-2,9-14,16H2,(H,26,31). The number of benzene rings is 2. The van der Waals surface area contributed by atoms with Crippen molar-refractivity contribution in [3.05, 3.63) is 48.0 Å². The molecule has 2 aromatic rings. The molecule has 0 aromatic heterocycles. The van der Waals surface area contributed by atoms with Crippen LogP contribution in [-0.2, 0) is 20.8 Å². The molecule has 33 heavy (non-hydrogen) atoms. The van der Waals surface area contributed by atoms with Gasteiger partial charge in [-0.3, -0.25) is 14.4 Å². The number of likely N-dealkylation sites (tertiary alicyclic amines) is 1. The Morgan fingerprint density at radius 3 is 2.45 bits per heavy atom. The Morgan fingerprint density at radius 1 is 0.970 bits per heavy atom. The zero-order valence-corrected chi connectivity index (χ0v) is 18.4. The Balaban J connectivity index is 1.10. The van der Waals surface area contributed by atoms with Gasteiger partial charge in [0.2, 0.25) is 24.5 Å². The predicted molar refractivity (Wildman–Crippen MR) is 122 cm³/mol. The molecule has 1 N–H and O–H groups in total. The maximum atomic E-state index is 12.8. The summed E-state index contributed by atoms with van der Waals surface area (Å²) in [6, 6.07) is 13.0. The molecule has 0 atom stereocenters. The van der Waals surface area contributed by atoms with E-state index in [2.05, 4.69) is 5.32 Å². The Bertz CT molecular complexity index is 1060. The van der Waals surface area contributed by atoms with Crippen molar-refractivity contribution in [1.82, 2.24) is 4.90 Å². The molecule has 0 aliphatic carbocycles. The first kappa shape index (κ1) is 21.3. The first-order valence-corrected chi connectivity index (χ1v) is 11.4. The summed E-state index contributed by atoms with van der Waals surface area (Å²) in [7, 11) is 0. The number of piperidine rings is 1. The highest BCUT2D eigenvalue weighted by Gasteiger charge is 2.28. The summed E-state index contributed by atoms with van der Waals surface area (Å²) in [6.45, 7) is 2.09. The third-order valence-electron chi connectivity index (χ3n) is 6.54. The van der Waals surface area contributed by atoms with Crippen molar-refractivity contribution in [3.63, 3.8) is 0 Å². The number of ether oxygens (including phenoxy) is 2. The van der Waals surface area contributed by atoms with Gasteiger partial charge in [-0.1, -0.05) is 12.1 Å². The Labute approximate surface area is 192 Å². The average molecular weight is 450 g/mol. The van der Waals surface area contributed by atoms with E-state index in [9.17, 15) is 14.4 Å². The molecule has 3 aliphatic rings. The Hall–Kier alpha value is -3.55. The van der Waals surface area contributed by atoms with Crippen LogP contribution < -0.4 is 19.7 Å². The van der Waals surface area contributed by atoms with E-state index in [0.717, 1.165) is 24.2 Å². The molecule has 172 valence electrons. The molecule has 8 heteroatoms. The van der Waals surface area contributed by atoms with Crippen molar-refractivity contribution in [2.24, 2.45) is 5.92 Å². The minimum absolute atomic E-state index is 0.0342. The molecule has 2 fully saturated rings. The highest BCUT2D eigenvalue weighted by Crippen LogP contribution is 2.34. The molecule has 5 rings (SSSR count). The number of hydrogen-bond acceptors (Lipinski definition) is 5. The fraction of sp³-hybridized carbons (Fsp3) is 0.400. The lowest BCUT2D eigenvalue weighted by Gasteiger charge is -2.31. The number of anilines is 2. The van der Waals surface area contributed by atoms with Crippen LogP contribution >= 0.6 is 0 Å². The molecule has 3 aliphatic heterocycles. The lowest BCUT2D eigenvalue weighted by Crippen LogP contribution is -2.42. The molecule has 0 radical (unpaired) electrons. The first-order chi connectivity index (χ1) is 16.1. The zero-order valence-electron chi connectivity index (χ0n) is 18.4. The van der Waals surface area contributed by atoms with Gasteiger partial charge in [-0.15, -0.1) is 0 Å². The third kappa shape index (κ3) is 4.65. The number of rotatable bonds is 5. The zero-order chi connectivity index (χ0) is 22.8. The molecular formula is C25H27N3O5. The number of carbonyl (C=O) groups is 3. The van der Waals surface area contributed by atoms with Crippen LogP contribution in [0.25, 0.3) is 0 Å². The van der Waals surface area contributed by atoms with Crippen LogP contribution in [0.3, 0.4) is 0 Å². The van der Waals surface area contributed by atoms with Crippen molar-refractivity contribution in [2.45, 2.75) is 32.1 Å². The molecule has 2 saturated heterocycles. The van der Waals surface area contributed by atoms with Crippen LogP contribution in [0.4, 0.5) is 11.4 Å². The molecule has 2 aromatic carbocycles. The number of fused-ring (bicyclic) bond motifs is 1. The number of nitrogens with one attached hydrogen (secondary N) is 1.